The molecule has 2 nitrogen and oxygen atoms in total. The number of piperidine rings is 1. The van der Waals surface area contributed by atoms with Gasteiger partial charge in [-0.05, 0) is 50.7 Å². The van der Waals surface area contributed by atoms with Crippen LogP contribution in [0, 0.1) is 17.8 Å². The molecule has 0 spiro atoms. The Hall–Kier alpha value is -0.0800. The summed E-state index contributed by atoms with van der Waals surface area (Å²) in [6.45, 7) is 15.8. The predicted molar refractivity (Wildman–Crippen MR) is 81.0 cm³/mol. The molecule has 0 aromatic rings. The van der Waals surface area contributed by atoms with Gasteiger partial charge in [-0.3, -0.25) is 0 Å². The topological polar surface area (TPSA) is 6.48 Å². The van der Waals surface area contributed by atoms with Crippen LogP contribution in [0.4, 0.5) is 0 Å². The van der Waals surface area contributed by atoms with E-state index >= 15 is 0 Å². The Morgan fingerprint density at radius 1 is 1.17 bits per heavy atom. The first kappa shape index (κ1) is 16.0. The number of likely N-dealkylation sites (tertiary alicyclic amines) is 1. The molecule has 0 aromatic heterocycles. The van der Waals surface area contributed by atoms with Crippen LogP contribution in [0.5, 0.6) is 0 Å². The summed E-state index contributed by atoms with van der Waals surface area (Å²) in [4.78, 5) is 5.20. The van der Waals surface area contributed by atoms with Crippen LogP contribution in [-0.2, 0) is 0 Å². The van der Waals surface area contributed by atoms with E-state index in [-0.39, 0.29) is 0 Å². The molecule has 18 heavy (non-hydrogen) atoms. The molecule has 0 aliphatic carbocycles. The van der Waals surface area contributed by atoms with Crippen molar-refractivity contribution < 1.29 is 0 Å². The van der Waals surface area contributed by atoms with Crippen LogP contribution in [0.15, 0.2) is 0 Å². The second-order valence-electron chi connectivity index (χ2n) is 6.87. The fraction of sp³-hybridized carbons (Fsp3) is 1.00. The molecule has 1 saturated heterocycles. The zero-order chi connectivity index (χ0) is 13.5. The second-order valence-corrected chi connectivity index (χ2v) is 6.87. The SMILES string of the molecule is CCC(C)CN1CCC(CN(C)CC(C)C)CC1. The van der Waals surface area contributed by atoms with E-state index in [1.807, 2.05) is 0 Å². The van der Waals surface area contributed by atoms with E-state index in [1.54, 1.807) is 0 Å². The summed E-state index contributed by atoms with van der Waals surface area (Å²) in [6.07, 6.45) is 4.12. The maximum Gasteiger partial charge on any atom is 0.000767 e. The van der Waals surface area contributed by atoms with Gasteiger partial charge < -0.3 is 9.80 Å². The van der Waals surface area contributed by atoms with Crippen molar-refractivity contribution in [3.8, 4) is 0 Å². The summed E-state index contributed by atoms with van der Waals surface area (Å²) in [6, 6.07) is 0. The molecule has 0 N–H and O–H groups in total. The molecular formula is C16H34N2. The van der Waals surface area contributed by atoms with Gasteiger partial charge in [0.25, 0.3) is 0 Å². The van der Waals surface area contributed by atoms with Crippen LogP contribution >= 0.6 is 0 Å². The molecular weight excluding hydrogens is 220 g/mol. The lowest BCUT2D eigenvalue weighted by Gasteiger charge is -2.35. The highest BCUT2D eigenvalue weighted by molar-refractivity contribution is 4.75. The number of hydrogen-bond acceptors (Lipinski definition) is 2. The van der Waals surface area contributed by atoms with Crippen LogP contribution in [0.2, 0.25) is 0 Å². The van der Waals surface area contributed by atoms with E-state index in [1.165, 1.54) is 52.0 Å². The highest BCUT2D eigenvalue weighted by Gasteiger charge is 2.21. The van der Waals surface area contributed by atoms with Crippen LogP contribution in [0.3, 0.4) is 0 Å². The van der Waals surface area contributed by atoms with Gasteiger partial charge in [0.1, 0.15) is 0 Å². The van der Waals surface area contributed by atoms with Gasteiger partial charge >= 0.3 is 0 Å². The Bertz CT molecular complexity index is 207. The van der Waals surface area contributed by atoms with Crippen LogP contribution in [0.25, 0.3) is 0 Å². The summed E-state index contributed by atoms with van der Waals surface area (Å²) in [5.74, 6) is 2.59. The fourth-order valence-electron chi connectivity index (χ4n) is 3.06. The van der Waals surface area contributed by atoms with E-state index in [0.717, 1.165) is 17.8 Å². The summed E-state index contributed by atoms with van der Waals surface area (Å²) < 4.78 is 0. The molecule has 1 rings (SSSR count). The molecule has 1 atom stereocenters. The molecule has 2 heteroatoms. The Morgan fingerprint density at radius 2 is 1.78 bits per heavy atom. The Kier molecular flexibility index (Phi) is 7.25. The molecule has 1 aliphatic rings. The minimum Gasteiger partial charge on any atom is -0.306 e. The van der Waals surface area contributed by atoms with E-state index < -0.39 is 0 Å². The minimum atomic E-state index is 0.792. The third kappa shape index (κ3) is 6.19. The minimum absolute atomic E-state index is 0.792. The van der Waals surface area contributed by atoms with E-state index in [0.29, 0.717) is 0 Å². The maximum atomic E-state index is 2.67. The molecule has 1 fully saturated rings. The van der Waals surface area contributed by atoms with Gasteiger partial charge in [-0.2, -0.15) is 0 Å². The zero-order valence-electron chi connectivity index (χ0n) is 13.3. The van der Waals surface area contributed by atoms with Gasteiger partial charge in [0, 0.05) is 19.6 Å². The number of hydrogen-bond donors (Lipinski definition) is 0. The average Bonchev–Trinajstić information content (AvgIpc) is 2.30. The largest absolute Gasteiger partial charge is 0.306 e. The van der Waals surface area contributed by atoms with Gasteiger partial charge in [-0.1, -0.05) is 34.1 Å². The lowest BCUT2D eigenvalue weighted by atomic mass is 9.95. The highest BCUT2D eigenvalue weighted by Crippen LogP contribution is 2.19. The van der Waals surface area contributed by atoms with Crippen LogP contribution < -0.4 is 0 Å². The van der Waals surface area contributed by atoms with Crippen molar-refractivity contribution in [1.82, 2.24) is 9.80 Å². The van der Waals surface area contributed by atoms with Crippen molar-refractivity contribution in [3.63, 3.8) is 0 Å². The lowest BCUT2D eigenvalue weighted by Crippen LogP contribution is -2.40. The summed E-state index contributed by atoms with van der Waals surface area (Å²) in [5, 5.41) is 0. The molecule has 0 aromatic carbocycles. The Labute approximate surface area is 115 Å². The molecule has 0 amide bonds. The van der Waals surface area contributed by atoms with Gasteiger partial charge in [-0.25, -0.2) is 0 Å². The molecule has 108 valence electrons. The predicted octanol–water partition coefficient (Wildman–Crippen LogP) is 3.33. The normalized spacial score (nSPS) is 20.8. The second kappa shape index (κ2) is 8.16. The summed E-state index contributed by atoms with van der Waals surface area (Å²) in [5.41, 5.74) is 0. The van der Waals surface area contributed by atoms with Crippen molar-refractivity contribution in [1.29, 1.82) is 0 Å². The zero-order valence-corrected chi connectivity index (χ0v) is 13.3. The molecule has 0 radical (unpaired) electrons. The van der Waals surface area contributed by atoms with Gasteiger partial charge in [0.2, 0.25) is 0 Å². The molecule has 0 saturated carbocycles. The van der Waals surface area contributed by atoms with Crippen molar-refractivity contribution in [2.45, 2.75) is 47.0 Å². The third-order valence-electron chi connectivity index (χ3n) is 4.22. The van der Waals surface area contributed by atoms with E-state index in [2.05, 4.69) is 44.5 Å². The Morgan fingerprint density at radius 3 is 2.28 bits per heavy atom. The van der Waals surface area contributed by atoms with Crippen LogP contribution in [-0.4, -0.2) is 49.6 Å². The number of rotatable bonds is 7. The molecule has 1 unspecified atom stereocenters. The van der Waals surface area contributed by atoms with Crippen molar-refractivity contribution >= 4 is 0 Å². The molecule has 1 aliphatic heterocycles. The van der Waals surface area contributed by atoms with Gasteiger partial charge in [-0.15, -0.1) is 0 Å². The first-order chi connectivity index (χ1) is 8.51. The third-order valence-corrected chi connectivity index (χ3v) is 4.22. The molecule has 0 bridgehead atoms. The monoisotopic (exact) mass is 254 g/mol. The summed E-state index contributed by atoms with van der Waals surface area (Å²) in [7, 11) is 2.28. The highest BCUT2D eigenvalue weighted by atomic mass is 15.1. The maximum absolute atomic E-state index is 2.67. The fourth-order valence-corrected chi connectivity index (χ4v) is 3.06. The first-order valence-corrected chi connectivity index (χ1v) is 7.92. The van der Waals surface area contributed by atoms with E-state index in [9.17, 15) is 0 Å². The van der Waals surface area contributed by atoms with Gasteiger partial charge in [0.15, 0.2) is 0 Å². The lowest BCUT2D eigenvalue weighted by molar-refractivity contribution is 0.136. The smallest absolute Gasteiger partial charge is 0.000767 e. The number of nitrogens with zero attached hydrogens (tertiary/aromatic N) is 2. The van der Waals surface area contributed by atoms with Crippen molar-refractivity contribution in [3.05, 3.63) is 0 Å². The first-order valence-electron chi connectivity index (χ1n) is 7.92. The standard InChI is InChI=1S/C16H34N2/c1-6-15(4)12-18-9-7-16(8-10-18)13-17(5)11-14(2)3/h14-16H,6-13H2,1-5H3. The quantitative estimate of drug-likeness (QED) is 0.687. The van der Waals surface area contributed by atoms with Crippen LogP contribution in [0.1, 0.15) is 47.0 Å². The average molecular weight is 254 g/mol. The Balaban J connectivity index is 2.18. The summed E-state index contributed by atoms with van der Waals surface area (Å²) >= 11 is 0. The molecule has 1 heterocycles. The van der Waals surface area contributed by atoms with Crippen molar-refractivity contribution in [2.24, 2.45) is 17.8 Å². The van der Waals surface area contributed by atoms with Gasteiger partial charge in [0.05, 0.1) is 0 Å². The van der Waals surface area contributed by atoms with Crippen molar-refractivity contribution in [2.75, 3.05) is 39.8 Å². The van der Waals surface area contributed by atoms with E-state index in [4.69, 9.17) is 0 Å².